The van der Waals surface area contributed by atoms with Crippen molar-refractivity contribution in [3.05, 3.63) is 87.9 Å². The van der Waals surface area contributed by atoms with E-state index in [0.29, 0.717) is 27.8 Å². The largest absolute Gasteiger partial charge is 0.457 e. The van der Waals surface area contributed by atoms with Gasteiger partial charge in [-0.1, -0.05) is 57.9 Å². The monoisotopic (exact) mass is 401 g/mol. The van der Waals surface area contributed by atoms with Crippen molar-refractivity contribution in [2.75, 3.05) is 5.32 Å². The standard InChI is InChI=1S/C19H13BrClNO2/c20-13-10-11-17(16(21)12-13)22-19(23)15-8-4-5-9-18(15)24-14-6-2-1-3-7-14/h1-12H,(H,22,23). The number of amides is 1. The van der Waals surface area contributed by atoms with Crippen molar-refractivity contribution in [2.45, 2.75) is 0 Å². The lowest BCUT2D eigenvalue weighted by molar-refractivity contribution is 0.102. The maximum atomic E-state index is 12.6. The fourth-order valence-corrected chi connectivity index (χ4v) is 2.86. The molecule has 1 N–H and O–H groups in total. The Morgan fingerprint density at radius 3 is 2.42 bits per heavy atom. The minimum absolute atomic E-state index is 0.286. The molecule has 3 rings (SSSR count). The number of rotatable bonds is 4. The molecular weight excluding hydrogens is 390 g/mol. The Balaban J connectivity index is 1.85. The van der Waals surface area contributed by atoms with Crippen molar-refractivity contribution in [3.63, 3.8) is 0 Å². The van der Waals surface area contributed by atoms with Gasteiger partial charge in [0.1, 0.15) is 11.5 Å². The van der Waals surface area contributed by atoms with Gasteiger partial charge in [-0.2, -0.15) is 0 Å². The van der Waals surface area contributed by atoms with Gasteiger partial charge in [0.05, 0.1) is 16.3 Å². The quantitative estimate of drug-likeness (QED) is 0.568. The normalized spacial score (nSPS) is 10.2. The zero-order valence-electron chi connectivity index (χ0n) is 12.5. The van der Waals surface area contributed by atoms with E-state index in [2.05, 4.69) is 21.2 Å². The summed E-state index contributed by atoms with van der Waals surface area (Å²) >= 11 is 9.49. The topological polar surface area (TPSA) is 38.3 Å². The Hall–Kier alpha value is -2.30. The minimum atomic E-state index is -0.286. The van der Waals surface area contributed by atoms with E-state index in [1.54, 1.807) is 30.3 Å². The number of carbonyl (C=O) groups is 1. The van der Waals surface area contributed by atoms with Crippen molar-refractivity contribution in [2.24, 2.45) is 0 Å². The molecule has 3 aromatic carbocycles. The molecule has 0 saturated carbocycles. The molecule has 0 unspecified atom stereocenters. The lowest BCUT2D eigenvalue weighted by atomic mass is 10.1. The van der Waals surface area contributed by atoms with Crippen LogP contribution in [0.3, 0.4) is 0 Å². The average molecular weight is 403 g/mol. The highest BCUT2D eigenvalue weighted by Crippen LogP contribution is 2.29. The third-order valence-corrected chi connectivity index (χ3v) is 4.09. The maximum absolute atomic E-state index is 12.6. The summed E-state index contributed by atoms with van der Waals surface area (Å²) in [4.78, 5) is 12.6. The summed E-state index contributed by atoms with van der Waals surface area (Å²) in [6.45, 7) is 0. The molecule has 24 heavy (non-hydrogen) atoms. The van der Waals surface area contributed by atoms with Crippen LogP contribution in [0.5, 0.6) is 11.5 Å². The van der Waals surface area contributed by atoms with Crippen LogP contribution in [0.1, 0.15) is 10.4 Å². The molecule has 120 valence electrons. The van der Waals surface area contributed by atoms with E-state index in [0.717, 1.165) is 4.47 Å². The smallest absolute Gasteiger partial charge is 0.259 e. The van der Waals surface area contributed by atoms with Crippen LogP contribution in [-0.2, 0) is 0 Å². The number of benzene rings is 3. The van der Waals surface area contributed by atoms with E-state index in [1.165, 1.54) is 0 Å². The summed E-state index contributed by atoms with van der Waals surface area (Å²) in [6.07, 6.45) is 0. The number of halogens is 2. The van der Waals surface area contributed by atoms with Gasteiger partial charge in [-0.3, -0.25) is 4.79 Å². The number of carbonyl (C=O) groups excluding carboxylic acids is 1. The van der Waals surface area contributed by atoms with Crippen LogP contribution in [-0.4, -0.2) is 5.91 Å². The van der Waals surface area contributed by atoms with E-state index in [1.807, 2.05) is 42.5 Å². The number of para-hydroxylation sites is 2. The third kappa shape index (κ3) is 3.96. The lowest BCUT2D eigenvalue weighted by Gasteiger charge is -2.12. The zero-order chi connectivity index (χ0) is 16.9. The molecule has 0 heterocycles. The molecular formula is C19H13BrClNO2. The summed E-state index contributed by atoms with van der Waals surface area (Å²) in [5.41, 5.74) is 0.972. The average Bonchev–Trinajstić information content (AvgIpc) is 2.59. The number of hydrogen-bond donors (Lipinski definition) is 1. The van der Waals surface area contributed by atoms with E-state index in [9.17, 15) is 4.79 Å². The lowest BCUT2D eigenvalue weighted by Crippen LogP contribution is -2.13. The first kappa shape index (κ1) is 16.6. The highest BCUT2D eigenvalue weighted by Gasteiger charge is 2.14. The Morgan fingerprint density at radius 2 is 1.67 bits per heavy atom. The molecule has 0 aromatic heterocycles. The minimum Gasteiger partial charge on any atom is -0.457 e. The number of anilines is 1. The van der Waals surface area contributed by atoms with Crippen LogP contribution in [0.25, 0.3) is 0 Å². The van der Waals surface area contributed by atoms with Gasteiger partial charge in [0.15, 0.2) is 0 Å². The van der Waals surface area contributed by atoms with Crippen LogP contribution in [0.15, 0.2) is 77.3 Å². The first-order valence-corrected chi connectivity index (χ1v) is 8.39. The number of hydrogen-bond acceptors (Lipinski definition) is 2. The second-order valence-corrected chi connectivity index (χ2v) is 6.31. The molecule has 3 aromatic rings. The highest BCUT2D eigenvalue weighted by molar-refractivity contribution is 9.10. The number of nitrogens with one attached hydrogen (secondary N) is 1. The molecule has 0 radical (unpaired) electrons. The van der Waals surface area contributed by atoms with Crippen molar-refractivity contribution in [1.82, 2.24) is 0 Å². The van der Waals surface area contributed by atoms with Gasteiger partial charge in [0.25, 0.3) is 5.91 Å². The van der Waals surface area contributed by atoms with E-state index in [4.69, 9.17) is 16.3 Å². The van der Waals surface area contributed by atoms with Gasteiger partial charge in [-0.25, -0.2) is 0 Å². The summed E-state index contributed by atoms with van der Waals surface area (Å²) in [5, 5.41) is 3.27. The zero-order valence-corrected chi connectivity index (χ0v) is 14.8. The molecule has 0 aliphatic carbocycles. The second-order valence-electron chi connectivity index (χ2n) is 4.99. The molecule has 0 atom stereocenters. The molecule has 0 aliphatic heterocycles. The van der Waals surface area contributed by atoms with Crippen molar-refractivity contribution >= 4 is 39.1 Å². The predicted molar refractivity (Wildman–Crippen MR) is 100 cm³/mol. The van der Waals surface area contributed by atoms with Crippen molar-refractivity contribution < 1.29 is 9.53 Å². The first-order valence-electron chi connectivity index (χ1n) is 7.22. The van der Waals surface area contributed by atoms with Gasteiger partial charge >= 0.3 is 0 Å². The molecule has 0 spiro atoms. The fourth-order valence-electron chi connectivity index (χ4n) is 2.14. The van der Waals surface area contributed by atoms with Gasteiger partial charge in [-0.15, -0.1) is 0 Å². The van der Waals surface area contributed by atoms with Crippen molar-refractivity contribution in [3.8, 4) is 11.5 Å². The Kier molecular flexibility index (Phi) is 5.18. The van der Waals surface area contributed by atoms with Gasteiger partial charge in [0, 0.05) is 4.47 Å². The first-order chi connectivity index (χ1) is 11.6. The summed E-state index contributed by atoms with van der Waals surface area (Å²) < 4.78 is 6.66. The van der Waals surface area contributed by atoms with E-state index in [-0.39, 0.29) is 5.91 Å². The number of ether oxygens (including phenoxy) is 1. The maximum Gasteiger partial charge on any atom is 0.259 e. The van der Waals surface area contributed by atoms with Crippen LogP contribution in [0, 0.1) is 0 Å². The molecule has 0 aliphatic rings. The summed E-state index contributed by atoms with van der Waals surface area (Å²) in [5.74, 6) is 0.861. The highest BCUT2D eigenvalue weighted by atomic mass is 79.9. The van der Waals surface area contributed by atoms with Gasteiger partial charge < -0.3 is 10.1 Å². The fraction of sp³-hybridized carbons (Fsp3) is 0. The van der Waals surface area contributed by atoms with Crippen LogP contribution >= 0.6 is 27.5 Å². The molecule has 0 saturated heterocycles. The van der Waals surface area contributed by atoms with E-state index < -0.39 is 0 Å². The van der Waals surface area contributed by atoms with Crippen LogP contribution in [0.4, 0.5) is 5.69 Å². The molecule has 0 fully saturated rings. The molecule has 0 bridgehead atoms. The predicted octanol–water partition coefficient (Wildman–Crippen LogP) is 6.15. The SMILES string of the molecule is O=C(Nc1ccc(Br)cc1Cl)c1ccccc1Oc1ccccc1. The molecule has 1 amide bonds. The Labute approximate surface area is 153 Å². The summed E-state index contributed by atoms with van der Waals surface area (Å²) in [6, 6.07) is 21.7. The molecule has 3 nitrogen and oxygen atoms in total. The van der Waals surface area contributed by atoms with Crippen LogP contribution < -0.4 is 10.1 Å². The third-order valence-electron chi connectivity index (χ3n) is 3.28. The Bertz CT molecular complexity index is 868. The van der Waals surface area contributed by atoms with Gasteiger partial charge in [-0.05, 0) is 42.5 Å². The van der Waals surface area contributed by atoms with E-state index >= 15 is 0 Å². The van der Waals surface area contributed by atoms with Crippen molar-refractivity contribution in [1.29, 1.82) is 0 Å². The second kappa shape index (κ2) is 7.51. The van der Waals surface area contributed by atoms with Crippen LogP contribution in [0.2, 0.25) is 5.02 Å². The summed E-state index contributed by atoms with van der Waals surface area (Å²) in [7, 11) is 0. The Morgan fingerprint density at radius 1 is 0.958 bits per heavy atom. The molecule has 5 heteroatoms. The van der Waals surface area contributed by atoms with Gasteiger partial charge in [0.2, 0.25) is 0 Å².